The van der Waals surface area contributed by atoms with Gasteiger partial charge in [-0.1, -0.05) is 34.6 Å². The van der Waals surface area contributed by atoms with Gasteiger partial charge in [0.15, 0.2) is 0 Å². The van der Waals surface area contributed by atoms with Crippen LogP contribution in [0.25, 0.3) is 0 Å². The molecule has 1 heterocycles. The Balaban J connectivity index is 3.30. The predicted octanol–water partition coefficient (Wildman–Crippen LogP) is 3.29. The number of nitrogens with zero attached hydrogens (tertiary/aromatic N) is 3. The van der Waals surface area contributed by atoms with Gasteiger partial charge in [0.2, 0.25) is 0 Å². The minimum absolute atomic E-state index is 0.0919. The highest BCUT2D eigenvalue weighted by atomic mass is 15.2. The van der Waals surface area contributed by atoms with E-state index in [1.165, 1.54) is 0 Å². The summed E-state index contributed by atoms with van der Waals surface area (Å²) in [6.07, 6.45) is 2.20. The molecule has 0 aliphatic rings. The summed E-state index contributed by atoms with van der Waals surface area (Å²) in [7, 11) is 2.10. The van der Waals surface area contributed by atoms with Gasteiger partial charge in [0.1, 0.15) is 17.5 Å². The summed E-state index contributed by atoms with van der Waals surface area (Å²) in [5.41, 5.74) is 6.94. The normalized spacial score (nSPS) is 12.0. The first-order valence-corrected chi connectivity index (χ1v) is 7.09. The highest BCUT2D eigenvalue weighted by molar-refractivity contribution is 5.57. The quantitative estimate of drug-likeness (QED) is 0.906. The molecule has 0 unspecified atom stereocenters. The molecule has 0 aliphatic carbocycles. The smallest absolute Gasteiger partial charge is 0.138 e. The molecule has 1 aromatic rings. The summed E-state index contributed by atoms with van der Waals surface area (Å²) >= 11 is 0. The molecular weight excluding hydrogens is 236 g/mol. The van der Waals surface area contributed by atoms with Gasteiger partial charge in [0.05, 0.1) is 0 Å². The van der Waals surface area contributed by atoms with Crippen LogP contribution in [-0.2, 0) is 5.41 Å². The molecule has 4 nitrogen and oxygen atoms in total. The van der Waals surface area contributed by atoms with Crippen LogP contribution < -0.4 is 10.6 Å². The first-order valence-electron chi connectivity index (χ1n) is 7.09. The summed E-state index contributed by atoms with van der Waals surface area (Å²) in [5, 5.41) is 0. The SMILES string of the molecule is CCC(CC)N(C)c1nc(C(C)(C)C)nc(N)c1C. The molecule has 1 rings (SSSR count). The number of anilines is 2. The fourth-order valence-corrected chi connectivity index (χ4v) is 2.21. The maximum Gasteiger partial charge on any atom is 0.138 e. The van der Waals surface area contributed by atoms with Gasteiger partial charge in [-0.05, 0) is 19.8 Å². The lowest BCUT2D eigenvalue weighted by Gasteiger charge is -2.30. The number of hydrogen-bond acceptors (Lipinski definition) is 4. The minimum Gasteiger partial charge on any atom is -0.383 e. The Kier molecular flexibility index (Phi) is 4.77. The molecule has 0 aliphatic heterocycles. The molecule has 0 saturated carbocycles. The van der Waals surface area contributed by atoms with Crippen LogP contribution >= 0.6 is 0 Å². The molecule has 4 heteroatoms. The molecule has 0 amide bonds. The van der Waals surface area contributed by atoms with E-state index in [9.17, 15) is 0 Å². The Hall–Kier alpha value is -1.32. The zero-order valence-corrected chi connectivity index (χ0v) is 13.4. The fraction of sp³-hybridized carbons (Fsp3) is 0.733. The average molecular weight is 264 g/mol. The number of nitrogens with two attached hydrogens (primary N) is 1. The first-order chi connectivity index (χ1) is 8.72. The third-order valence-corrected chi connectivity index (χ3v) is 3.65. The lowest BCUT2D eigenvalue weighted by Crippen LogP contribution is -2.33. The van der Waals surface area contributed by atoms with E-state index < -0.39 is 0 Å². The highest BCUT2D eigenvalue weighted by Crippen LogP contribution is 2.28. The molecular formula is C15H28N4. The van der Waals surface area contributed by atoms with Gasteiger partial charge in [-0.15, -0.1) is 0 Å². The molecule has 0 saturated heterocycles. The van der Waals surface area contributed by atoms with Gasteiger partial charge in [0.25, 0.3) is 0 Å². The Bertz CT molecular complexity index is 431. The predicted molar refractivity (Wildman–Crippen MR) is 82.7 cm³/mol. The molecule has 0 aromatic carbocycles. The van der Waals surface area contributed by atoms with E-state index in [0.717, 1.165) is 30.0 Å². The second-order valence-corrected chi connectivity index (χ2v) is 6.21. The lowest BCUT2D eigenvalue weighted by atomic mass is 9.95. The van der Waals surface area contributed by atoms with Crippen molar-refractivity contribution >= 4 is 11.6 Å². The van der Waals surface area contributed by atoms with E-state index >= 15 is 0 Å². The Labute approximate surface area is 117 Å². The fourth-order valence-electron chi connectivity index (χ4n) is 2.21. The average Bonchev–Trinajstić information content (AvgIpc) is 2.32. The summed E-state index contributed by atoms with van der Waals surface area (Å²) < 4.78 is 0. The molecule has 0 radical (unpaired) electrons. The summed E-state index contributed by atoms with van der Waals surface area (Å²) in [6, 6.07) is 0.487. The van der Waals surface area contributed by atoms with Crippen LogP contribution in [0, 0.1) is 6.92 Å². The molecule has 0 atom stereocenters. The van der Waals surface area contributed by atoms with Crippen molar-refractivity contribution in [3.63, 3.8) is 0 Å². The maximum atomic E-state index is 6.06. The molecule has 0 fully saturated rings. The van der Waals surface area contributed by atoms with Crippen LogP contribution in [0.15, 0.2) is 0 Å². The van der Waals surface area contributed by atoms with E-state index in [-0.39, 0.29) is 5.41 Å². The zero-order chi connectivity index (χ0) is 14.8. The maximum absolute atomic E-state index is 6.06. The second kappa shape index (κ2) is 5.76. The standard InChI is InChI=1S/C15H28N4/c1-8-11(9-2)19(7)13-10(3)12(16)17-14(18-13)15(4,5)6/h11H,8-9H2,1-7H3,(H2,16,17,18). The van der Waals surface area contributed by atoms with Gasteiger partial charge in [-0.3, -0.25) is 0 Å². The number of aromatic nitrogens is 2. The van der Waals surface area contributed by atoms with Crippen molar-refractivity contribution in [3.8, 4) is 0 Å². The highest BCUT2D eigenvalue weighted by Gasteiger charge is 2.23. The Morgan fingerprint density at radius 3 is 2.11 bits per heavy atom. The van der Waals surface area contributed by atoms with Crippen molar-refractivity contribution in [3.05, 3.63) is 11.4 Å². The Morgan fingerprint density at radius 2 is 1.68 bits per heavy atom. The van der Waals surface area contributed by atoms with Gasteiger partial charge < -0.3 is 10.6 Å². The van der Waals surface area contributed by atoms with E-state index in [1.807, 2.05) is 6.92 Å². The van der Waals surface area contributed by atoms with E-state index in [2.05, 4.69) is 51.6 Å². The van der Waals surface area contributed by atoms with Gasteiger partial charge >= 0.3 is 0 Å². The molecule has 0 bridgehead atoms. The van der Waals surface area contributed by atoms with Gasteiger partial charge in [0, 0.05) is 24.1 Å². The molecule has 108 valence electrons. The van der Waals surface area contributed by atoms with E-state index in [1.54, 1.807) is 0 Å². The van der Waals surface area contributed by atoms with Crippen LogP contribution in [0.4, 0.5) is 11.6 Å². The Morgan fingerprint density at radius 1 is 1.16 bits per heavy atom. The second-order valence-electron chi connectivity index (χ2n) is 6.21. The number of hydrogen-bond donors (Lipinski definition) is 1. The first kappa shape index (κ1) is 15.7. The van der Waals surface area contributed by atoms with Gasteiger partial charge in [-0.25, -0.2) is 9.97 Å². The molecule has 1 aromatic heterocycles. The van der Waals surface area contributed by atoms with Crippen LogP contribution in [-0.4, -0.2) is 23.1 Å². The summed E-state index contributed by atoms with van der Waals surface area (Å²) in [6.45, 7) is 12.7. The van der Waals surface area contributed by atoms with Crippen molar-refractivity contribution in [2.45, 2.75) is 65.8 Å². The molecule has 19 heavy (non-hydrogen) atoms. The minimum atomic E-state index is -0.0919. The van der Waals surface area contributed by atoms with Crippen molar-refractivity contribution in [1.82, 2.24) is 9.97 Å². The van der Waals surface area contributed by atoms with Crippen molar-refractivity contribution in [1.29, 1.82) is 0 Å². The molecule has 2 N–H and O–H groups in total. The van der Waals surface area contributed by atoms with E-state index in [4.69, 9.17) is 10.7 Å². The topological polar surface area (TPSA) is 55.0 Å². The summed E-state index contributed by atoms with van der Waals surface area (Å²) in [5.74, 6) is 2.36. The summed E-state index contributed by atoms with van der Waals surface area (Å²) in [4.78, 5) is 11.4. The third-order valence-electron chi connectivity index (χ3n) is 3.65. The largest absolute Gasteiger partial charge is 0.383 e. The van der Waals surface area contributed by atoms with Crippen LogP contribution in [0.3, 0.4) is 0 Å². The van der Waals surface area contributed by atoms with Crippen molar-refractivity contribution < 1.29 is 0 Å². The van der Waals surface area contributed by atoms with Crippen molar-refractivity contribution in [2.75, 3.05) is 17.7 Å². The van der Waals surface area contributed by atoms with Gasteiger partial charge in [-0.2, -0.15) is 0 Å². The van der Waals surface area contributed by atoms with Crippen LogP contribution in [0.2, 0.25) is 0 Å². The monoisotopic (exact) mass is 264 g/mol. The van der Waals surface area contributed by atoms with E-state index in [0.29, 0.717) is 11.9 Å². The van der Waals surface area contributed by atoms with Crippen LogP contribution in [0.5, 0.6) is 0 Å². The van der Waals surface area contributed by atoms with Crippen LogP contribution in [0.1, 0.15) is 58.8 Å². The third kappa shape index (κ3) is 3.37. The molecule has 0 spiro atoms. The lowest BCUT2D eigenvalue weighted by molar-refractivity contribution is 0.537. The number of nitrogen functional groups attached to an aromatic ring is 1. The zero-order valence-electron chi connectivity index (χ0n) is 13.4. The van der Waals surface area contributed by atoms with Crippen molar-refractivity contribution in [2.24, 2.45) is 0 Å². The number of rotatable bonds is 4.